The molecule has 0 saturated heterocycles. The van der Waals surface area contributed by atoms with Gasteiger partial charge >= 0.3 is 12.0 Å². The molecule has 0 bridgehead atoms. The topological polar surface area (TPSA) is 82.5 Å². The van der Waals surface area contributed by atoms with Crippen LogP contribution in [0.3, 0.4) is 0 Å². The maximum Gasteiger partial charge on any atom is 0.317 e. The smallest absolute Gasteiger partial charge is 0.317 e. The zero-order chi connectivity index (χ0) is 15.8. The number of aliphatic carboxylic acids is 1. The van der Waals surface area contributed by atoms with Crippen LogP contribution in [0.1, 0.15) is 38.4 Å². The van der Waals surface area contributed by atoms with Crippen molar-refractivity contribution in [2.24, 2.45) is 0 Å². The van der Waals surface area contributed by atoms with E-state index in [9.17, 15) is 9.59 Å². The average Bonchev–Trinajstić information content (AvgIpc) is 2.44. The van der Waals surface area contributed by atoms with E-state index in [0.717, 1.165) is 17.7 Å². The van der Waals surface area contributed by atoms with Gasteiger partial charge in [-0.3, -0.25) is 9.78 Å². The number of urea groups is 1. The van der Waals surface area contributed by atoms with Gasteiger partial charge in [-0.25, -0.2) is 4.79 Å². The predicted octanol–water partition coefficient (Wildman–Crippen LogP) is 2.04. The second kappa shape index (κ2) is 8.24. The summed E-state index contributed by atoms with van der Waals surface area (Å²) in [6, 6.07) is 3.54. The molecular formula is C15H23N3O3. The number of nitrogens with zero attached hydrogens (tertiary/aromatic N) is 2. The van der Waals surface area contributed by atoms with Crippen LogP contribution in [0.15, 0.2) is 18.3 Å². The van der Waals surface area contributed by atoms with Gasteiger partial charge in [0.1, 0.15) is 0 Å². The van der Waals surface area contributed by atoms with E-state index in [0.29, 0.717) is 6.54 Å². The molecule has 1 heterocycles. The highest BCUT2D eigenvalue weighted by molar-refractivity contribution is 5.75. The molecule has 0 aliphatic heterocycles. The van der Waals surface area contributed by atoms with Gasteiger partial charge in [0, 0.05) is 18.8 Å². The highest BCUT2D eigenvalue weighted by Crippen LogP contribution is 2.07. The van der Waals surface area contributed by atoms with Crippen molar-refractivity contribution in [3.05, 3.63) is 29.6 Å². The first-order valence-corrected chi connectivity index (χ1v) is 7.14. The summed E-state index contributed by atoms with van der Waals surface area (Å²) in [5.74, 6) is -0.911. The Morgan fingerprint density at radius 3 is 2.71 bits per heavy atom. The van der Waals surface area contributed by atoms with E-state index in [2.05, 4.69) is 10.3 Å². The van der Waals surface area contributed by atoms with Crippen molar-refractivity contribution >= 4 is 12.0 Å². The highest BCUT2D eigenvalue weighted by atomic mass is 16.4. The molecule has 0 atom stereocenters. The maximum absolute atomic E-state index is 12.2. The number of aryl methyl sites for hydroxylation is 1. The summed E-state index contributed by atoms with van der Waals surface area (Å²) < 4.78 is 0. The Kier molecular flexibility index (Phi) is 6.65. The first kappa shape index (κ1) is 16.9. The highest BCUT2D eigenvalue weighted by Gasteiger charge is 2.18. The lowest BCUT2D eigenvalue weighted by Gasteiger charge is -2.26. The summed E-state index contributed by atoms with van der Waals surface area (Å²) in [5.41, 5.74) is 1.94. The molecule has 0 aliphatic rings. The fraction of sp³-hybridized carbons (Fsp3) is 0.533. The number of hydrogen-bond acceptors (Lipinski definition) is 3. The van der Waals surface area contributed by atoms with Gasteiger partial charge in [0.25, 0.3) is 0 Å². The molecular weight excluding hydrogens is 270 g/mol. The molecule has 21 heavy (non-hydrogen) atoms. The van der Waals surface area contributed by atoms with E-state index in [4.69, 9.17) is 5.11 Å². The second-order valence-electron chi connectivity index (χ2n) is 5.05. The van der Waals surface area contributed by atoms with Crippen LogP contribution in [0.4, 0.5) is 4.79 Å². The third-order valence-corrected chi connectivity index (χ3v) is 3.22. The Morgan fingerprint density at radius 2 is 2.14 bits per heavy atom. The number of carbonyl (C=O) groups is 2. The van der Waals surface area contributed by atoms with Gasteiger partial charge in [0.2, 0.25) is 0 Å². The molecule has 0 saturated carbocycles. The molecule has 2 N–H and O–H groups in total. The van der Waals surface area contributed by atoms with Crippen LogP contribution in [0, 0.1) is 0 Å². The normalized spacial score (nSPS) is 10.5. The number of rotatable bonds is 7. The number of hydrogen-bond donors (Lipinski definition) is 2. The van der Waals surface area contributed by atoms with Crippen LogP contribution in [0.5, 0.6) is 0 Å². The Hall–Kier alpha value is -2.11. The van der Waals surface area contributed by atoms with Gasteiger partial charge in [0.05, 0.1) is 18.7 Å². The van der Waals surface area contributed by atoms with Crippen LogP contribution in [0.25, 0.3) is 0 Å². The quantitative estimate of drug-likeness (QED) is 0.806. The summed E-state index contributed by atoms with van der Waals surface area (Å²) in [5, 5.41) is 11.5. The number of carboxylic acids is 1. The SMILES string of the molecule is CCc1cccnc1CNC(=O)N(CCC(=O)O)C(C)C. The van der Waals surface area contributed by atoms with Crippen LogP contribution in [-0.2, 0) is 17.8 Å². The molecule has 0 aromatic carbocycles. The molecule has 6 heteroatoms. The van der Waals surface area contributed by atoms with E-state index in [1.54, 1.807) is 6.20 Å². The summed E-state index contributed by atoms with van der Waals surface area (Å²) in [4.78, 5) is 28.6. The Bertz CT molecular complexity index is 489. The zero-order valence-corrected chi connectivity index (χ0v) is 12.8. The molecule has 1 rings (SSSR count). The standard InChI is InChI=1S/C15H23N3O3/c1-4-12-6-5-8-16-13(12)10-17-15(21)18(11(2)3)9-7-14(19)20/h5-6,8,11H,4,7,9-10H2,1-3H3,(H,17,21)(H,19,20). The van der Waals surface area contributed by atoms with Crippen molar-refractivity contribution in [1.82, 2.24) is 15.2 Å². The van der Waals surface area contributed by atoms with E-state index in [-0.39, 0.29) is 25.0 Å². The van der Waals surface area contributed by atoms with Crippen molar-refractivity contribution in [3.63, 3.8) is 0 Å². The van der Waals surface area contributed by atoms with E-state index >= 15 is 0 Å². The Labute approximate surface area is 125 Å². The molecule has 1 aromatic heterocycles. The van der Waals surface area contributed by atoms with Gasteiger partial charge in [-0.1, -0.05) is 13.0 Å². The van der Waals surface area contributed by atoms with Gasteiger partial charge in [-0.05, 0) is 31.9 Å². The van der Waals surface area contributed by atoms with Crippen molar-refractivity contribution in [2.75, 3.05) is 6.54 Å². The van der Waals surface area contributed by atoms with Crippen molar-refractivity contribution in [1.29, 1.82) is 0 Å². The van der Waals surface area contributed by atoms with Crippen LogP contribution in [0.2, 0.25) is 0 Å². The number of carboxylic acid groups (broad SMARTS) is 1. The number of nitrogens with one attached hydrogen (secondary N) is 1. The van der Waals surface area contributed by atoms with Crippen LogP contribution >= 0.6 is 0 Å². The van der Waals surface area contributed by atoms with Crippen molar-refractivity contribution < 1.29 is 14.7 Å². The summed E-state index contributed by atoms with van der Waals surface area (Å²) >= 11 is 0. The van der Waals surface area contributed by atoms with Crippen molar-refractivity contribution in [2.45, 2.75) is 46.2 Å². The molecule has 0 unspecified atom stereocenters. The van der Waals surface area contributed by atoms with E-state index in [1.165, 1.54) is 4.90 Å². The fourth-order valence-corrected chi connectivity index (χ4v) is 2.02. The minimum Gasteiger partial charge on any atom is -0.481 e. The number of carbonyl (C=O) groups excluding carboxylic acids is 1. The Morgan fingerprint density at radius 1 is 1.43 bits per heavy atom. The lowest BCUT2D eigenvalue weighted by atomic mass is 10.1. The summed E-state index contributed by atoms with van der Waals surface area (Å²) in [7, 11) is 0. The largest absolute Gasteiger partial charge is 0.481 e. The molecule has 2 amide bonds. The third kappa shape index (κ3) is 5.41. The summed E-state index contributed by atoms with van der Waals surface area (Å²) in [6.45, 7) is 6.30. The van der Waals surface area contributed by atoms with Crippen LogP contribution in [-0.4, -0.2) is 39.6 Å². The number of aromatic nitrogens is 1. The predicted molar refractivity (Wildman–Crippen MR) is 79.9 cm³/mol. The fourth-order valence-electron chi connectivity index (χ4n) is 2.02. The zero-order valence-electron chi connectivity index (χ0n) is 12.8. The van der Waals surface area contributed by atoms with E-state index < -0.39 is 5.97 Å². The van der Waals surface area contributed by atoms with Gasteiger partial charge in [-0.2, -0.15) is 0 Å². The van der Waals surface area contributed by atoms with Gasteiger partial charge < -0.3 is 15.3 Å². The molecule has 0 aliphatic carbocycles. The lowest BCUT2D eigenvalue weighted by Crippen LogP contribution is -2.44. The first-order valence-electron chi connectivity index (χ1n) is 7.14. The second-order valence-corrected chi connectivity index (χ2v) is 5.05. The third-order valence-electron chi connectivity index (χ3n) is 3.22. The van der Waals surface area contributed by atoms with Crippen molar-refractivity contribution in [3.8, 4) is 0 Å². The van der Waals surface area contributed by atoms with E-state index in [1.807, 2.05) is 32.9 Å². The molecule has 6 nitrogen and oxygen atoms in total. The first-order chi connectivity index (χ1) is 9.95. The number of pyridine rings is 1. The average molecular weight is 293 g/mol. The van der Waals surface area contributed by atoms with Gasteiger partial charge in [-0.15, -0.1) is 0 Å². The summed E-state index contributed by atoms with van der Waals surface area (Å²) in [6.07, 6.45) is 2.49. The molecule has 0 spiro atoms. The minimum atomic E-state index is -0.911. The monoisotopic (exact) mass is 293 g/mol. The minimum absolute atomic E-state index is 0.0567. The maximum atomic E-state index is 12.2. The molecule has 116 valence electrons. The molecule has 0 fully saturated rings. The Balaban J connectivity index is 2.63. The number of amides is 2. The molecule has 1 aromatic rings. The van der Waals surface area contributed by atoms with Crippen LogP contribution < -0.4 is 5.32 Å². The molecule has 0 radical (unpaired) electrons. The van der Waals surface area contributed by atoms with Gasteiger partial charge in [0.15, 0.2) is 0 Å². The lowest BCUT2D eigenvalue weighted by molar-refractivity contribution is -0.137.